The second kappa shape index (κ2) is 16.6. The number of aryl methyl sites for hydroxylation is 4. The van der Waals surface area contributed by atoms with Gasteiger partial charge in [-0.3, -0.25) is 0 Å². The Morgan fingerprint density at radius 1 is 0.422 bits per heavy atom. The maximum absolute atomic E-state index is 14.1. The van der Waals surface area contributed by atoms with Crippen LogP contribution in [0.2, 0.25) is 0 Å². The van der Waals surface area contributed by atoms with Gasteiger partial charge in [0, 0.05) is 0 Å². The molecule has 0 aromatic heterocycles. The molecular weight excluding hydrogens is 853 g/mol. The first kappa shape index (κ1) is 42.9. The van der Waals surface area contributed by atoms with Gasteiger partial charge in [-0.25, -0.2) is 16.8 Å². The molecule has 0 bridgehead atoms. The van der Waals surface area contributed by atoms with Gasteiger partial charge in [0.1, 0.15) is 11.5 Å². The average molecular weight is 900 g/mol. The molecule has 0 amide bonds. The number of fused-ring (bicyclic) bond motifs is 3. The number of methoxy groups -OCH3 is 2. The lowest BCUT2D eigenvalue weighted by molar-refractivity contribution is 0.414. The summed E-state index contributed by atoms with van der Waals surface area (Å²) >= 11 is 0. The topological polar surface area (TPSA) is 86.7 Å². The van der Waals surface area contributed by atoms with E-state index in [9.17, 15) is 16.8 Å². The molecule has 6 nitrogen and oxygen atoms in total. The van der Waals surface area contributed by atoms with E-state index in [2.05, 4.69) is 66.7 Å². The SMILES string of the molecule is COc1ccc(C2(c3ccc(OC)cc3)c3ccccc3-c3ccc([S+](c4ccc(S(=O)(=O)c5ccc(C)cc5C)cc4)c4ccc(S(=O)(=O)c5ccc(C)cc5C)cc4)cc32)cc1. The lowest BCUT2D eigenvalue weighted by atomic mass is 9.67. The summed E-state index contributed by atoms with van der Waals surface area (Å²) < 4.78 is 67.5. The van der Waals surface area contributed by atoms with E-state index < -0.39 is 36.0 Å². The van der Waals surface area contributed by atoms with Crippen molar-refractivity contribution in [3.8, 4) is 22.6 Å². The van der Waals surface area contributed by atoms with Crippen molar-refractivity contribution in [2.24, 2.45) is 0 Å². The summed E-state index contributed by atoms with van der Waals surface area (Å²) in [6.07, 6.45) is 0. The third-order valence-electron chi connectivity index (χ3n) is 12.3. The normalized spacial score (nSPS) is 13.0. The summed E-state index contributed by atoms with van der Waals surface area (Å²) in [5, 5.41) is 0. The summed E-state index contributed by atoms with van der Waals surface area (Å²) in [5.74, 6) is 1.50. The Bertz CT molecular complexity index is 3110. The van der Waals surface area contributed by atoms with Crippen molar-refractivity contribution in [1.29, 1.82) is 0 Å². The van der Waals surface area contributed by atoms with Crippen LogP contribution in [-0.2, 0) is 36.0 Å². The van der Waals surface area contributed by atoms with Crippen molar-refractivity contribution in [2.45, 2.75) is 67.4 Å². The highest BCUT2D eigenvalue weighted by molar-refractivity contribution is 7.97. The zero-order valence-electron chi connectivity index (χ0n) is 36.4. The average Bonchev–Trinajstić information content (AvgIpc) is 3.59. The number of hydrogen-bond donors (Lipinski definition) is 0. The first-order valence-corrected chi connectivity index (χ1v) is 25.1. The van der Waals surface area contributed by atoms with Crippen molar-refractivity contribution in [3.05, 3.63) is 220 Å². The van der Waals surface area contributed by atoms with E-state index in [0.717, 1.165) is 70.7 Å². The molecule has 0 aliphatic heterocycles. The Morgan fingerprint density at radius 2 is 0.844 bits per heavy atom. The standard InChI is InChI=1S/C55H47O6S3/c1-36-11-31-53(38(3)33-36)63(56,57)47-26-21-44(22-27-47)62(45-23-28-48(29-24-45)64(58,59)54-32-12-37(2)34-39(54)4)46-25-30-50-49-9-7-8-10-51(49)55(52(50)35-46,40-13-17-42(60-5)18-14-40)41-15-19-43(61-6)20-16-41/h7-35H,1-6H3/q+1. The van der Waals surface area contributed by atoms with Gasteiger partial charge in [-0.05, 0) is 175 Å². The van der Waals surface area contributed by atoms with E-state index in [0.29, 0.717) is 11.1 Å². The zero-order valence-corrected chi connectivity index (χ0v) is 38.9. The number of hydrogen-bond acceptors (Lipinski definition) is 6. The highest BCUT2D eigenvalue weighted by Crippen LogP contribution is 2.57. The lowest BCUT2D eigenvalue weighted by Gasteiger charge is -2.34. The van der Waals surface area contributed by atoms with Crippen LogP contribution in [0, 0.1) is 27.7 Å². The van der Waals surface area contributed by atoms with Crippen LogP contribution < -0.4 is 9.47 Å². The van der Waals surface area contributed by atoms with Crippen molar-refractivity contribution in [3.63, 3.8) is 0 Å². The number of benzene rings is 8. The second-order valence-electron chi connectivity index (χ2n) is 16.3. The maximum atomic E-state index is 14.1. The van der Waals surface area contributed by atoms with Gasteiger partial charge < -0.3 is 9.47 Å². The summed E-state index contributed by atoms with van der Waals surface area (Å²) in [4.78, 5) is 3.68. The van der Waals surface area contributed by atoms with Gasteiger partial charge in [0.05, 0.1) is 50.1 Å². The first-order valence-electron chi connectivity index (χ1n) is 20.9. The molecule has 320 valence electrons. The number of ether oxygens (including phenoxy) is 2. The molecule has 0 N–H and O–H groups in total. The predicted molar refractivity (Wildman–Crippen MR) is 255 cm³/mol. The van der Waals surface area contributed by atoms with E-state index in [1.165, 1.54) is 0 Å². The molecule has 0 fully saturated rings. The summed E-state index contributed by atoms with van der Waals surface area (Å²) in [6, 6.07) is 56.7. The molecule has 8 aromatic carbocycles. The Balaban J connectivity index is 1.25. The summed E-state index contributed by atoms with van der Waals surface area (Å²) in [5.41, 5.74) is 9.18. The highest BCUT2D eigenvalue weighted by atomic mass is 32.2. The van der Waals surface area contributed by atoms with Crippen LogP contribution in [0.5, 0.6) is 11.5 Å². The molecule has 0 radical (unpaired) electrons. The molecule has 9 heteroatoms. The third-order valence-corrected chi connectivity index (χ3v) is 18.3. The van der Waals surface area contributed by atoms with Crippen molar-refractivity contribution >= 4 is 30.6 Å². The smallest absolute Gasteiger partial charge is 0.206 e. The fourth-order valence-electron chi connectivity index (χ4n) is 9.23. The fourth-order valence-corrected chi connectivity index (χ4v) is 14.3. The van der Waals surface area contributed by atoms with E-state index in [1.54, 1.807) is 50.6 Å². The molecule has 1 aliphatic rings. The Hall–Kier alpha value is -6.39. The van der Waals surface area contributed by atoms with E-state index in [-0.39, 0.29) is 19.6 Å². The van der Waals surface area contributed by atoms with E-state index in [1.807, 2.05) is 100 Å². The molecule has 1 aliphatic carbocycles. The largest absolute Gasteiger partial charge is 0.497 e. The monoisotopic (exact) mass is 899 g/mol. The van der Waals surface area contributed by atoms with Crippen LogP contribution in [0.1, 0.15) is 44.5 Å². The third kappa shape index (κ3) is 7.22. The zero-order chi connectivity index (χ0) is 45.0. The van der Waals surface area contributed by atoms with Crippen LogP contribution >= 0.6 is 0 Å². The molecule has 0 unspecified atom stereocenters. The van der Waals surface area contributed by atoms with Crippen LogP contribution in [-0.4, -0.2) is 31.1 Å². The summed E-state index contributed by atoms with van der Waals surface area (Å²) in [6.45, 7) is 7.53. The van der Waals surface area contributed by atoms with Gasteiger partial charge in [0.25, 0.3) is 0 Å². The van der Waals surface area contributed by atoms with Gasteiger partial charge in [-0.15, -0.1) is 0 Å². The lowest BCUT2D eigenvalue weighted by Crippen LogP contribution is -2.28. The molecule has 0 heterocycles. The van der Waals surface area contributed by atoms with Crippen molar-refractivity contribution in [1.82, 2.24) is 0 Å². The minimum absolute atomic E-state index is 0.198. The van der Waals surface area contributed by atoms with Gasteiger partial charge in [-0.2, -0.15) is 0 Å². The minimum Gasteiger partial charge on any atom is -0.497 e. The van der Waals surface area contributed by atoms with Crippen LogP contribution in [0.3, 0.4) is 0 Å². The Kier molecular flexibility index (Phi) is 11.1. The molecular formula is C55H47O6S3+. The quantitative estimate of drug-likeness (QED) is 0.120. The number of sulfone groups is 2. The Morgan fingerprint density at radius 3 is 1.28 bits per heavy atom. The molecule has 9 rings (SSSR count). The van der Waals surface area contributed by atoms with E-state index in [4.69, 9.17) is 9.47 Å². The van der Waals surface area contributed by atoms with Crippen LogP contribution in [0.15, 0.2) is 210 Å². The van der Waals surface area contributed by atoms with Crippen LogP contribution in [0.4, 0.5) is 0 Å². The van der Waals surface area contributed by atoms with Crippen LogP contribution in [0.25, 0.3) is 11.1 Å². The van der Waals surface area contributed by atoms with Gasteiger partial charge in [0.2, 0.25) is 19.7 Å². The van der Waals surface area contributed by atoms with Gasteiger partial charge in [-0.1, -0.05) is 83.9 Å². The van der Waals surface area contributed by atoms with Gasteiger partial charge >= 0.3 is 0 Å². The predicted octanol–water partition coefficient (Wildman–Crippen LogP) is 12.1. The van der Waals surface area contributed by atoms with Crippen molar-refractivity contribution < 1.29 is 26.3 Å². The van der Waals surface area contributed by atoms with Gasteiger partial charge in [0.15, 0.2) is 14.7 Å². The molecule has 0 saturated heterocycles. The Labute approximate surface area is 379 Å². The molecule has 0 spiro atoms. The molecule has 0 atom stereocenters. The first-order chi connectivity index (χ1) is 30.8. The van der Waals surface area contributed by atoms with Crippen molar-refractivity contribution in [2.75, 3.05) is 14.2 Å². The highest BCUT2D eigenvalue weighted by Gasteiger charge is 2.47. The van der Waals surface area contributed by atoms with E-state index >= 15 is 0 Å². The maximum Gasteiger partial charge on any atom is 0.206 e. The number of rotatable bonds is 11. The molecule has 0 saturated carbocycles. The fraction of sp³-hybridized carbons (Fsp3) is 0.127. The minimum atomic E-state index is -3.82. The molecule has 64 heavy (non-hydrogen) atoms. The second-order valence-corrected chi connectivity index (χ2v) is 22.1. The molecule has 8 aromatic rings. The summed E-state index contributed by atoms with van der Waals surface area (Å²) in [7, 11) is -5.14.